The standard InChI is InChI=1S/C31H47N3O5/c1-6-24(8-7-22(2)29(36)33-19-15-26(16-20-33)28(32)35)25-9-11-27(12-10-25)38-21-23-13-17-34(18-14-23)30(37)39-31(3,4)5/h6,9-12,22-23,26H,7-8,13-21H2,1-5H3,(H2,32,35)/b24-6+. The normalized spacial score (nSPS) is 18.5. The number of rotatable bonds is 9. The summed E-state index contributed by atoms with van der Waals surface area (Å²) in [5.41, 5.74) is 7.29. The highest BCUT2D eigenvalue weighted by atomic mass is 16.6. The average Bonchev–Trinajstić information content (AvgIpc) is 2.91. The van der Waals surface area contributed by atoms with Crippen molar-refractivity contribution >= 4 is 23.5 Å². The highest BCUT2D eigenvalue weighted by Gasteiger charge is 2.29. The van der Waals surface area contributed by atoms with Gasteiger partial charge in [-0.1, -0.05) is 25.1 Å². The minimum absolute atomic E-state index is 0.0746. The number of ether oxygens (including phenoxy) is 2. The van der Waals surface area contributed by atoms with E-state index in [-0.39, 0.29) is 29.7 Å². The number of nitrogens with zero attached hydrogens (tertiary/aromatic N) is 2. The van der Waals surface area contributed by atoms with E-state index < -0.39 is 5.60 Å². The molecule has 0 aliphatic carbocycles. The summed E-state index contributed by atoms with van der Waals surface area (Å²) in [4.78, 5) is 40.2. The van der Waals surface area contributed by atoms with Crippen LogP contribution in [0.25, 0.3) is 5.57 Å². The van der Waals surface area contributed by atoms with Gasteiger partial charge in [-0.2, -0.15) is 0 Å². The molecule has 0 aromatic heterocycles. The lowest BCUT2D eigenvalue weighted by Gasteiger charge is -2.33. The first-order chi connectivity index (χ1) is 18.5. The van der Waals surface area contributed by atoms with Crippen molar-refractivity contribution < 1.29 is 23.9 Å². The summed E-state index contributed by atoms with van der Waals surface area (Å²) in [6.45, 7) is 12.9. The van der Waals surface area contributed by atoms with Crippen LogP contribution in [0.15, 0.2) is 30.3 Å². The quantitative estimate of drug-likeness (QED) is 0.460. The van der Waals surface area contributed by atoms with Gasteiger partial charge in [0.25, 0.3) is 0 Å². The summed E-state index contributed by atoms with van der Waals surface area (Å²) >= 11 is 0. The fourth-order valence-corrected chi connectivity index (χ4v) is 5.23. The van der Waals surface area contributed by atoms with Gasteiger partial charge in [0.05, 0.1) is 6.61 Å². The number of piperidine rings is 2. The molecule has 3 rings (SSSR count). The van der Waals surface area contributed by atoms with Crippen LogP contribution in [0.2, 0.25) is 0 Å². The molecule has 0 bridgehead atoms. The van der Waals surface area contributed by atoms with Crippen LogP contribution in [0.5, 0.6) is 5.75 Å². The number of carbonyl (C=O) groups is 3. The highest BCUT2D eigenvalue weighted by Crippen LogP contribution is 2.27. The molecule has 0 saturated carbocycles. The van der Waals surface area contributed by atoms with Crippen molar-refractivity contribution in [2.75, 3.05) is 32.8 Å². The van der Waals surface area contributed by atoms with Crippen LogP contribution < -0.4 is 10.5 Å². The molecule has 216 valence electrons. The maximum absolute atomic E-state index is 12.9. The molecule has 39 heavy (non-hydrogen) atoms. The summed E-state index contributed by atoms with van der Waals surface area (Å²) in [6, 6.07) is 8.17. The predicted octanol–water partition coefficient (Wildman–Crippen LogP) is 5.26. The van der Waals surface area contributed by atoms with Crippen LogP contribution in [0.1, 0.15) is 78.7 Å². The molecule has 1 atom stereocenters. The zero-order valence-electron chi connectivity index (χ0n) is 24.4. The van der Waals surface area contributed by atoms with E-state index in [9.17, 15) is 14.4 Å². The topological polar surface area (TPSA) is 102 Å². The molecule has 0 spiro atoms. The largest absolute Gasteiger partial charge is 0.493 e. The molecule has 1 aromatic rings. The Labute approximate surface area is 233 Å². The molecule has 2 heterocycles. The Morgan fingerprint density at radius 3 is 2.13 bits per heavy atom. The second kappa shape index (κ2) is 13.9. The number of benzene rings is 1. The van der Waals surface area contributed by atoms with Crippen molar-refractivity contribution in [1.82, 2.24) is 9.80 Å². The van der Waals surface area contributed by atoms with Crippen molar-refractivity contribution in [3.05, 3.63) is 35.9 Å². The molecule has 2 N–H and O–H groups in total. The number of nitrogens with two attached hydrogens (primary N) is 1. The molecule has 2 saturated heterocycles. The van der Waals surface area contributed by atoms with Gasteiger partial charge in [-0.05, 0) is 95.4 Å². The van der Waals surface area contributed by atoms with E-state index in [1.165, 1.54) is 5.57 Å². The lowest BCUT2D eigenvalue weighted by molar-refractivity contribution is -0.138. The summed E-state index contributed by atoms with van der Waals surface area (Å²) in [5.74, 6) is 0.971. The molecule has 0 radical (unpaired) electrons. The monoisotopic (exact) mass is 541 g/mol. The number of carbonyl (C=O) groups excluding carboxylic acids is 3. The van der Waals surface area contributed by atoms with Crippen LogP contribution in [-0.4, -0.2) is 66.1 Å². The second-order valence-corrected chi connectivity index (χ2v) is 12.0. The lowest BCUT2D eigenvalue weighted by Crippen LogP contribution is -2.43. The third kappa shape index (κ3) is 9.29. The molecule has 1 unspecified atom stereocenters. The smallest absolute Gasteiger partial charge is 0.410 e. The van der Waals surface area contributed by atoms with Gasteiger partial charge in [-0.3, -0.25) is 9.59 Å². The SMILES string of the molecule is C/C=C(\CCC(C)C(=O)N1CCC(C(N)=O)CC1)c1ccc(OCC2CCN(C(=O)OC(C)(C)C)CC2)cc1. The van der Waals surface area contributed by atoms with Gasteiger partial charge in [-0.15, -0.1) is 0 Å². The van der Waals surface area contributed by atoms with Gasteiger partial charge in [0.15, 0.2) is 0 Å². The average molecular weight is 542 g/mol. The molecular weight excluding hydrogens is 494 g/mol. The Bertz CT molecular complexity index is 998. The van der Waals surface area contributed by atoms with E-state index in [2.05, 4.69) is 18.2 Å². The third-order valence-corrected chi connectivity index (χ3v) is 7.80. The van der Waals surface area contributed by atoms with Crippen LogP contribution in [-0.2, 0) is 14.3 Å². The molecule has 8 heteroatoms. The van der Waals surface area contributed by atoms with E-state index in [1.807, 2.05) is 51.7 Å². The first kappa shape index (κ1) is 30.5. The molecule has 2 aliphatic heterocycles. The van der Waals surface area contributed by atoms with E-state index in [1.54, 1.807) is 4.90 Å². The molecule has 8 nitrogen and oxygen atoms in total. The Balaban J connectivity index is 1.41. The first-order valence-corrected chi connectivity index (χ1v) is 14.4. The van der Waals surface area contributed by atoms with Crippen molar-refractivity contribution in [1.29, 1.82) is 0 Å². The summed E-state index contributed by atoms with van der Waals surface area (Å²) < 4.78 is 11.6. The summed E-state index contributed by atoms with van der Waals surface area (Å²) in [7, 11) is 0. The number of primary amides is 1. The lowest BCUT2D eigenvalue weighted by atomic mass is 9.93. The summed E-state index contributed by atoms with van der Waals surface area (Å²) in [6.07, 6.45) is 6.60. The van der Waals surface area contributed by atoms with E-state index >= 15 is 0 Å². The molecular formula is C31H47N3O5. The minimum Gasteiger partial charge on any atom is -0.493 e. The van der Waals surface area contributed by atoms with Crippen LogP contribution in [0, 0.1) is 17.8 Å². The zero-order chi connectivity index (χ0) is 28.6. The number of hydrogen-bond donors (Lipinski definition) is 1. The maximum atomic E-state index is 12.9. The Morgan fingerprint density at radius 1 is 1.00 bits per heavy atom. The van der Waals surface area contributed by atoms with E-state index in [0.29, 0.717) is 51.5 Å². The molecule has 2 fully saturated rings. The number of likely N-dealkylation sites (tertiary alicyclic amines) is 2. The first-order valence-electron chi connectivity index (χ1n) is 14.4. The third-order valence-electron chi connectivity index (χ3n) is 7.80. The van der Waals surface area contributed by atoms with Crippen molar-refractivity contribution in [2.24, 2.45) is 23.5 Å². The zero-order valence-corrected chi connectivity index (χ0v) is 24.4. The molecule has 3 amide bonds. The van der Waals surface area contributed by atoms with Gasteiger partial charge in [-0.25, -0.2) is 4.79 Å². The van der Waals surface area contributed by atoms with E-state index in [0.717, 1.165) is 37.0 Å². The predicted molar refractivity (Wildman–Crippen MR) is 153 cm³/mol. The van der Waals surface area contributed by atoms with Crippen molar-refractivity contribution in [3.63, 3.8) is 0 Å². The van der Waals surface area contributed by atoms with Gasteiger partial charge in [0.1, 0.15) is 11.4 Å². The number of hydrogen-bond acceptors (Lipinski definition) is 5. The van der Waals surface area contributed by atoms with Crippen LogP contribution >= 0.6 is 0 Å². The minimum atomic E-state index is -0.475. The van der Waals surface area contributed by atoms with Gasteiger partial charge < -0.3 is 25.0 Å². The highest BCUT2D eigenvalue weighted by molar-refractivity contribution is 5.80. The Hall–Kier alpha value is -3.03. The van der Waals surface area contributed by atoms with Gasteiger partial charge in [0, 0.05) is 38.0 Å². The molecule has 1 aromatic carbocycles. The van der Waals surface area contributed by atoms with Crippen molar-refractivity contribution in [3.8, 4) is 5.75 Å². The van der Waals surface area contributed by atoms with Gasteiger partial charge in [0.2, 0.25) is 11.8 Å². The fourth-order valence-electron chi connectivity index (χ4n) is 5.23. The van der Waals surface area contributed by atoms with E-state index in [4.69, 9.17) is 15.2 Å². The van der Waals surface area contributed by atoms with Crippen molar-refractivity contribution in [2.45, 2.75) is 78.7 Å². The number of amides is 3. The number of allylic oxidation sites excluding steroid dienone is 2. The molecule has 2 aliphatic rings. The Kier molecular flexibility index (Phi) is 10.8. The summed E-state index contributed by atoms with van der Waals surface area (Å²) in [5, 5.41) is 0. The van der Waals surface area contributed by atoms with Gasteiger partial charge >= 0.3 is 6.09 Å². The second-order valence-electron chi connectivity index (χ2n) is 12.0. The van der Waals surface area contributed by atoms with Crippen LogP contribution in [0.4, 0.5) is 4.79 Å². The Morgan fingerprint density at radius 2 is 1.59 bits per heavy atom. The van der Waals surface area contributed by atoms with Crippen LogP contribution in [0.3, 0.4) is 0 Å². The maximum Gasteiger partial charge on any atom is 0.410 e. The fraction of sp³-hybridized carbons (Fsp3) is 0.645.